The molecule has 6 nitrogen and oxygen atoms in total. The summed E-state index contributed by atoms with van der Waals surface area (Å²) in [5.74, 6) is -2.09. The first kappa shape index (κ1) is 25.9. The van der Waals surface area contributed by atoms with Gasteiger partial charge in [-0.25, -0.2) is 4.39 Å². The molecule has 0 fully saturated rings. The van der Waals surface area contributed by atoms with Crippen molar-refractivity contribution in [1.82, 2.24) is 15.1 Å². The third kappa shape index (κ3) is 5.85. The molecule has 35 heavy (non-hydrogen) atoms. The zero-order valence-corrected chi connectivity index (χ0v) is 17.7. The SMILES string of the molecule is CC(NC(=O)c1cc(-c2ccc(C(F)(F)F)cc2)nn(-c2cccc(F)c2)c1=O)C(O)C(F)(F)F. The highest BCUT2D eigenvalue weighted by molar-refractivity contribution is 5.95. The quantitative estimate of drug-likeness (QED) is 0.514. The molecule has 2 unspecified atom stereocenters. The Hall–Kier alpha value is -3.74. The third-order valence-corrected chi connectivity index (χ3v) is 4.88. The van der Waals surface area contributed by atoms with E-state index in [0.29, 0.717) is 4.68 Å². The molecule has 0 saturated heterocycles. The predicted molar refractivity (Wildman–Crippen MR) is 109 cm³/mol. The molecule has 2 aromatic carbocycles. The average molecular weight is 503 g/mol. The normalized spacial score (nSPS) is 13.9. The zero-order chi connectivity index (χ0) is 26.1. The first-order valence-corrected chi connectivity index (χ1v) is 9.82. The van der Waals surface area contributed by atoms with Crippen LogP contribution in [0.3, 0.4) is 0 Å². The van der Waals surface area contributed by atoms with E-state index in [1.165, 1.54) is 12.1 Å². The molecule has 3 aromatic rings. The summed E-state index contributed by atoms with van der Waals surface area (Å²) in [6, 6.07) is 6.95. The van der Waals surface area contributed by atoms with E-state index in [1.807, 2.05) is 5.32 Å². The van der Waals surface area contributed by atoms with Gasteiger partial charge in [-0.3, -0.25) is 9.59 Å². The molecule has 0 aliphatic rings. The van der Waals surface area contributed by atoms with Crippen molar-refractivity contribution in [3.8, 4) is 16.9 Å². The molecule has 1 amide bonds. The van der Waals surface area contributed by atoms with E-state index in [-0.39, 0.29) is 16.9 Å². The molecule has 1 heterocycles. The number of alkyl halides is 6. The van der Waals surface area contributed by atoms with Gasteiger partial charge in [-0.05, 0) is 43.3 Å². The van der Waals surface area contributed by atoms with Gasteiger partial charge in [-0.1, -0.05) is 18.2 Å². The number of hydrogen-bond donors (Lipinski definition) is 2. The van der Waals surface area contributed by atoms with Crippen LogP contribution < -0.4 is 10.9 Å². The highest BCUT2D eigenvalue weighted by Gasteiger charge is 2.42. The molecule has 0 bridgehead atoms. The molecule has 0 spiro atoms. The lowest BCUT2D eigenvalue weighted by Crippen LogP contribution is -2.49. The molecular weight excluding hydrogens is 487 g/mol. The minimum absolute atomic E-state index is 0.0283. The third-order valence-electron chi connectivity index (χ3n) is 4.88. The molecule has 2 N–H and O–H groups in total. The van der Waals surface area contributed by atoms with Crippen LogP contribution in [0.2, 0.25) is 0 Å². The van der Waals surface area contributed by atoms with Gasteiger partial charge < -0.3 is 10.4 Å². The topological polar surface area (TPSA) is 84.2 Å². The molecular formula is C22H16F7N3O3. The second-order valence-corrected chi connectivity index (χ2v) is 7.46. The van der Waals surface area contributed by atoms with E-state index in [9.17, 15) is 45.4 Å². The maximum absolute atomic E-state index is 13.7. The van der Waals surface area contributed by atoms with Gasteiger partial charge >= 0.3 is 12.4 Å². The summed E-state index contributed by atoms with van der Waals surface area (Å²) in [6.07, 6.45) is -12.6. The molecule has 0 aliphatic heterocycles. The Balaban J connectivity index is 2.12. The maximum atomic E-state index is 13.7. The Kier molecular flexibility index (Phi) is 7.01. The van der Waals surface area contributed by atoms with Crippen LogP contribution in [0.1, 0.15) is 22.8 Å². The number of benzene rings is 2. The monoisotopic (exact) mass is 503 g/mol. The van der Waals surface area contributed by atoms with Crippen molar-refractivity contribution in [2.75, 3.05) is 0 Å². The lowest BCUT2D eigenvalue weighted by atomic mass is 10.1. The standard InChI is InChI=1S/C22H16F7N3O3/c1-11(18(33)22(27,28)29)30-19(34)16-10-17(12-5-7-13(8-6-12)21(24,25)26)31-32(20(16)35)15-4-2-3-14(23)9-15/h2-11,18,33H,1H3,(H,30,34). The van der Waals surface area contributed by atoms with Gasteiger partial charge in [-0.2, -0.15) is 36.1 Å². The zero-order valence-electron chi connectivity index (χ0n) is 17.7. The highest BCUT2D eigenvalue weighted by Crippen LogP contribution is 2.30. The lowest BCUT2D eigenvalue weighted by molar-refractivity contribution is -0.209. The number of aliphatic hydroxyl groups excluding tert-OH is 1. The van der Waals surface area contributed by atoms with Crippen LogP contribution in [0.15, 0.2) is 59.4 Å². The van der Waals surface area contributed by atoms with Gasteiger partial charge in [0.25, 0.3) is 11.5 Å². The molecule has 0 saturated carbocycles. The van der Waals surface area contributed by atoms with Crippen molar-refractivity contribution >= 4 is 5.91 Å². The van der Waals surface area contributed by atoms with E-state index in [2.05, 4.69) is 5.10 Å². The molecule has 13 heteroatoms. The van der Waals surface area contributed by atoms with Gasteiger partial charge in [-0.15, -0.1) is 0 Å². The van der Waals surface area contributed by atoms with Crippen molar-refractivity contribution in [3.05, 3.63) is 81.9 Å². The number of rotatable bonds is 5. The highest BCUT2D eigenvalue weighted by atomic mass is 19.4. The summed E-state index contributed by atoms with van der Waals surface area (Å²) in [5.41, 5.74) is -3.18. The van der Waals surface area contributed by atoms with Crippen LogP contribution >= 0.6 is 0 Å². The number of aliphatic hydroxyl groups is 1. The van der Waals surface area contributed by atoms with Crippen LogP contribution in [0, 0.1) is 5.82 Å². The summed E-state index contributed by atoms with van der Waals surface area (Å²) < 4.78 is 91.3. The van der Waals surface area contributed by atoms with Gasteiger partial charge in [0.15, 0.2) is 6.10 Å². The van der Waals surface area contributed by atoms with Crippen LogP contribution in [-0.2, 0) is 6.18 Å². The number of carbonyl (C=O) groups excluding carboxylic acids is 1. The Morgan fingerprint density at radius 3 is 2.20 bits per heavy atom. The number of carbonyl (C=O) groups is 1. The minimum atomic E-state index is -5.06. The maximum Gasteiger partial charge on any atom is 0.416 e. The van der Waals surface area contributed by atoms with Crippen LogP contribution in [0.25, 0.3) is 16.9 Å². The van der Waals surface area contributed by atoms with E-state index >= 15 is 0 Å². The first-order chi connectivity index (χ1) is 16.2. The van der Waals surface area contributed by atoms with Gasteiger partial charge in [0.2, 0.25) is 0 Å². The number of nitrogens with zero attached hydrogens (tertiary/aromatic N) is 2. The van der Waals surface area contributed by atoms with E-state index in [4.69, 9.17) is 0 Å². The smallest absolute Gasteiger partial charge is 0.382 e. The number of amides is 1. The fourth-order valence-corrected chi connectivity index (χ4v) is 3.06. The van der Waals surface area contributed by atoms with Crippen molar-refractivity contribution in [1.29, 1.82) is 0 Å². The van der Waals surface area contributed by atoms with Gasteiger partial charge in [0, 0.05) is 5.56 Å². The molecule has 186 valence electrons. The second-order valence-electron chi connectivity index (χ2n) is 7.46. The van der Waals surface area contributed by atoms with Crippen molar-refractivity contribution in [2.24, 2.45) is 0 Å². The van der Waals surface area contributed by atoms with Crippen LogP contribution in [0.5, 0.6) is 0 Å². The number of hydrogen-bond acceptors (Lipinski definition) is 4. The van der Waals surface area contributed by atoms with Gasteiger partial charge in [0.05, 0.1) is 23.0 Å². The fourth-order valence-electron chi connectivity index (χ4n) is 3.06. The predicted octanol–water partition coefficient (Wildman–Crippen LogP) is 4.10. The van der Waals surface area contributed by atoms with Crippen LogP contribution in [0.4, 0.5) is 30.7 Å². The van der Waals surface area contributed by atoms with E-state index < -0.39 is 52.9 Å². The van der Waals surface area contributed by atoms with Crippen molar-refractivity contribution in [2.45, 2.75) is 31.4 Å². The summed E-state index contributed by atoms with van der Waals surface area (Å²) in [6.45, 7) is 0.860. The Bertz CT molecular complexity index is 1290. The molecule has 0 aliphatic carbocycles. The average Bonchev–Trinajstić information content (AvgIpc) is 2.77. The molecule has 1 aromatic heterocycles. The summed E-state index contributed by atoms with van der Waals surface area (Å²) in [5, 5.41) is 15.2. The fraction of sp³-hybridized carbons (Fsp3) is 0.227. The van der Waals surface area contributed by atoms with Crippen LogP contribution in [-0.4, -0.2) is 39.1 Å². The molecule has 0 radical (unpaired) electrons. The summed E-state index contributed by atoms with van der Waals surface area (Å²) in [7, 11) is 0. The number of aromatic nitrogens is 2. The summed E-state index contributed by atoms with van der Waals surface area (Å²) >= 11 is 0. The van der Waals surface area contributed by atoms with E-state index in [1.54, 1.807) is 0 Å². The first-order valence-electron chi connectivity index (χ1n) is 9.82. The number of nitrogens with one attached hydrogen (secondary N) is 1. The van der Waals surface area contributed by atoms with E-state index in [0.717, 1.165) is 49.4 Å². The number of halogens is 7. The lowest BCUT2D eigenvalue weighted by Gasteiger charge is -2.22. The minimum Gasteiger partial charge on any atom is -0.382 e. The van der Waals surface area contributed by atoms with Crippen molar-refractivity contribution in [3.63, 3.8) is 0 Å². The Morgan fingerprint density at radius 2 is 1.66 bits per heavy atom. The summed E-state index contributed by atoms with van der Waals surface area (Å²) in [4.78, 5) is 25.6. The molecule has 3 rings (SSSR count). The van der Waals surface area contributed by atoms with Crippen molar-refractivity contribution < 1.29 is 40.6 Å². The molecule has 2 atom stereocenters. The van der Waals surface area contributed by atoms with Gasteiger partial charge in [0.1, 0.15) is 11.4 Å². The Labute approximate surface area is 192 Å². The largest absolute Gasteiger partial charge is 0.416 e. The second kappa shape index (κ2) is 9.49. The Morgan fingerprint density at radius 1 is 1.03 bits per heavy atom.